The number of carbonyl (C=O) groups is 2. The van der Waals surface area contributed by atoms with Crippen molar-refractivity contribution < 1.29 is 19.1 Å². The van der Waals surface area contributed by atoms with Gasteiger partial charge < -0.3 is 9.47 Å². The predicted molar refractivity (Wildman–Crippen MR) is 122 cm³/mol. The van der Waals surface area contributed by atoms with Crippen LogP contribution in [0.15, 0.2) is 97.3 Å². The quantitative estimate of drug-likeness (QED) is 0.409. The SMILES string of the molecule is O=C(COc1ccc(OCc2ccccc2)cc1)NNC(=O)c1cnn(-c2ccccc2)c1. The summed E-state index contributed by atoms with van der Waals surface area (Å²) in [5, 5.41) is 4.16. The normalized spacial score (nSPS) is 10.3. The van der Waals surface area contributed by atoms with Gasteiger partial charge in [0.15, 0.2) is 6.61 Å². The Morgan fingerprint density at radius 1 is 0.788 bits per heavy atom. The van der Waals surface area contributed by atoms with E-state index in [0.29, 0.717) is 23.7 Å². The van der Waals surface area contributed by atoms with Crippen LogP contribution in [0.4, 0.5) is 0 Å². The lowest BCUT2D eigenvalue weighted by atomic mass is 10.2. The van der Waals surface area contributed by atoms with E-state index in [0.717, 1.165) is 11.3 Å². The van der Waals surface area contributed by atoms with E-state index in [1.54, 1.807) is 35.1 Å². The molecule has 0 saturated heterocycles. The molecule has 8 heteroatoms. The van der Waals surface area contributed by atoms with Gasteiger partial charge >= 0.3 is 0 Å². The number of hydrogen-bond acceptors (Lipinski definition) is 5. The summed E-state index contributed by atoms with van der Waals surface area (Å²) >= 11 is 0. The number of rotatable bonds is 8. The fourth-order valence-electron chi connectivity index (χ4n) is 2.92. The number of carbonyl (C=O) groups excluding carboxylic acids is 2. The smallest absolute Gasteiger partial charge is 0.276 e. The molecule has 0 unspecified atom stereocenters. The summed E-state index contributed by atoms with van der Waals surface area (Å²) in [7, 11) is 0. The Labute approximate surface area is 190 Å². The molecule has 0 atom stereocenters. The van der Waals surface area contributed by atoms with Crippen molar-refractivity contribution >= 4 is 11.8 Å². The highest BCUT2D eigenvalue weighted by Crippen LogP contribution is 2.18. The van der Waals surface area contributed by atoms with E-state index in [2.05, 4.69) is 16.0 Å². The topological polar surface area (TPSA) is 94.5 Å². The maximum Gasteiger partial charge on any atom is 0.276 e. The molecule has 0 saturated carbocycles. The Balaban J connectivity index is 1.19. The minimum Gasteiger partial charge on any atom is -0.489 e. The number of aromatic nitrogens is 2. The minimum absolute atomic E-state index is 0.256. The van der Waals surface area contributed by atoms with E-state index in [4.69, 9.17) is 9.47 Å². The van der Waals surface area contributed by atoms with Gasteiger partial charge in [-0.1, -0.05) is 48.5 Å². The molecule has 0 aliphatic rings. The number of para-hydroxylation sites is 1. The Morgan fingerprint density at radius 2 is 1.42 bits per heavy atom. The molecule has 2 N–H and O–H groups in total. The Bertz CT molecular complexity index is 1190. The molecule has 0 bridgehead atoms. The molecule has 0 fully saturated rings. The van der Waals surface area contributed by atoms with E-state index in [1.165, 1.54) is 6.20 Å². The number of benzene rings is 3. The molecule has 0 aliphatic heterocycles. The third kappa shape index (κ3) is 6.20. The lowest BCUT2D eigenvalue weighted by molar-refractivity contribution is -0.123. The van der Waals surface area contributed by atoms with Crippen LogP contribution in [0.1, 0.15) is 15.9 Å². The maximum atomic E-state index is 12.2. The van der Waals surface area contributed by atoms with E-state index >= 15 is 0 Å². The van der Waals surface area contributed by atoms with Crippen LogP contribution in [0.2, 0.25) is 0 Å². The van der Waals surface area contributed by atoms with E-state index < -0.39 is 11.8 Å². The average molecular weight is 442 g/mol. The lowest BCUT2D eigenvalue weighted by Gasteiger charge is -2.09. The van der Waals surface area contributed by atoms with Crippen molar-refractivity contribution in [1.29, 1.82) is 0 Å². The van der Waals surface area contributed by atoms with Crippen LogP contribution in [-0.4, -0.2) is 28.2 Å². The monoisotopic (exact) mass is 442 g/mol. The molecule has 0 radical (unpaired) electrons. The molecule has 166 valence electrons. The maximum absolute atomic E-state index is 12.2. The van der Waals surface area contributed by atoms with Crippen LogP contribution in [0.3, 0.4) is 0 Å². The number of ether oxygens (including phenoxy) is 2. The third-order valence-electron chi connectivity index (χ3n) is 4.62. The van der Waals surface area contributed by atoms with Crippen LogP contribution in [0.25, 0.3) is 5.69 Å². The first-order chi connectivity index (χ1) is 16.2. The number of nitrogens with zero attached hydrogens (tertiary/aromatic N) is 2. The zero-order valence-corrected chi connectivity index (χ0v) is 17.7. The van der Waals surface area contributed by atoms with Crippen LogP contribution in [-0.2, 0) is 11.4 Å². The van der Waals surface area contributed by atoms with Crippen molar-refractivity contribution in [3.05, 3.63) is 108 Å². The van der Waals surface area contributed by atoms with E-state index in [1.807, 2.05) is 60.7 Å². The molecular weight excluding hydrogens is 420 g/mol. The second-order valence-electron chi connectivity index (χ2n) is 7.05. The molecule has 3 aromatic carbocycles. The molecule has 4 rings (SSSR count). The Hall–Kier alpha value is -4.59. The van der Waals surface area contributed by atoms with Crippen LogP contribution in [0.5, 0.6) is 11.5 Å². The number of hydrogen-bond donors (Lipinski definition) is 2. The van der Waals surface area contributed by atoms with Gasteiger partial charge in [-0.3, -0.25) is 20.4 Å². The molecule has 8 nitrogen and oxygen atoms in total. The number of amides is 2. The summed E-state index contributed by atoms with van der Waals surface area (Å²) < 4.78 is 12.7. The number of hydrazine groups is 1. The molecule has 33 heavy (non-hydrogen) atoms. The van der Waals surface area contributed by atoms with Crippen molar-refractivity contribution in [2.24, 2.45) is 0 Å². The highest BCUT2D eigenvalue weighted by atomic mass is 16.5. The highest BCUT2D eigenvalue weighted by Gasteiger charge is 2.11. The average Bonchev–Trinajstić information content (AvgIpc) is 3.37. The van der Waals surface area contributed by atoms with Gasteiger partial charge in [0, 0.05) is 6.20 Å². The molecule has 1 heterocycles. The predicted octanol–water partition coefficient (Wildman–Crippen LogP) is 3.29. The molecule has 4 aromatic rings. The Morgan fingerprint density at radius 3 is 2.12 bits per heavy atom. The highest BCUT2D eigenvalue weighted by molar-refractivity contribution is 5.95. The lowest BCUT2D eigenvalue weighted by Crippen LogP contribution is -2.43. The zero-order valence-electron chi connectivity index (χ0n) is 17.7. The summed E-state index contributed by atoms with van der Waals surface area (Å²) in [6.07, 6.45) is 3.00. The summed E-state index contributed by atoms with van der Waals surface area (Å²) in [5.74, 6) is 0.222. The first-order valence-electron chi connectivity index (χ1n) is 10.3. The van der Waals surface area contributed by atoms with Gasteiger partial charge in [0.25, 0.3) is 11.8 Å². The fraction of sp³-hybridized carbons (Fsp3) is 0.0800. The molecule has 0 spiro atoms. The van der Waals surface area contributed by atoms with Gasteiger partial charge in [-0.2, -0.15) is 5.10 Å². The van der Waals surface area contributed by atoms with Crippen molar-refractivity contribution in [1.82, 2.24) is 20.6 Å². The van der Waals surface area contributed by atoms with E-state index in [9.17, 15) is 9.59 Å². The zero-order chi connectivity index (χ0) is 22.9. The summed E-state index contributed by atoms with van der Waals surface area (Å²) in [5.41, 5.74) is 6.88. The summed E-state index contributed by atoms with van der Waals surface area (Å²) in [6, 6.07) is 26.2. The fourth-order valence-corrected chi connectivity index (χ4v) is 2.92. The first-order valence-corrected chi connectivity index (χ1v) is 10.3. The van der Waals surface area contributed by atoms with Gasteiger partial charge in [-0.25, -0.2) is 4.68 Å². The summed E-state index contributed by atoms with van der Waals surface area (Å²) in [4.78, 5) is 24.2. The summed E-state index contributed by atoms with van der Waals surface area (Å²) in [6.45, 7) is 0.209. The molecule has 0 aliphatic carbocycles. The van der Waals surface area contributed by atoms with Crippen molar-refractivity contribution in [2.45, 2.75) is 6.61 Å². The molecular formula is C25H22N4O4. The Kier molecular flexibility index (Phi) is 6.97. The van der Waals surface area contributed by atoms with Gasteiger partial charge in [0.2, 0.25) is 0 Å². The van der Waals surface area contributed by atoms with Crippen molar-refractivity contribution in [3.8, 4) is 17.2 Å². The molecule has 1 aromatic heterocycles. The standard InChI is InChI=1S/C25H22N4O4/c30-24(27-28-25(31)20-15-26-29(16-20)21-9-5-2-6-10-21)18-33-23-13-11-22(12-14-23)32-17-19-7-3-1-4-8-19/h1-16H,17-18H2,(H,27,30)(H,28,31). The van der Waals surface area contributed by atoms with Gasteiger partial charge in [-0.15, -0.1) is 0 Å². The van der Waals surface area contributed by atoms with Gasteiger partial charge in [0.05, 0.1) is 17.4 Å². The first kappa shape index (κ1) is 21.6. The van der Waals surface area contributed by atoms with Crippen molar-refractivity contribution in [2.75, 3.05) is 6.61 Å². The van der Waals surface area contributed by atoms with Crippen LogP contribution < -0.4 is 20.3 Å². The van der Waals surface area contributed by atoms with Crippen LogP contribution in [0, 0.1) is 0 Å². The van der Waals surface area contributed by atoms with Gasteiger partial charge in [0.1, 0.15) is 18.1 Å². The van der Waals surface area contributed by atoms with Crippen molar-refractivity contribution in [3.63, 3.8) is 0 Å². The molecule has 2 amide bonds. The minimum atomic E-state index is -0.497. The second-order valence-corrected chi connectivity index (χ2v) is 7.05. The van der Waals surface area contributed by atoms with Gasteiger partial charge in [-0.05, 0) is 42.0 Å². The third-order valence-corrected chi connectivity index (χ3v) is 4.62. The second kappa shape index (κ2) is 10.6. The number of nitrogens with one attached hydrogen (secondary N) is 2. The van der Waals surface area contributed by atoms with E-state index in [-0.39, 0.29) is 6.61 Å². The largest absolute Gasteiger partial charge is 0.489 e. The van der Waals surface area contributed by atoms with Crippen LogP contribution >= 0.6 is 0 Å².